The Morgan fingerprint density at radius 1 is 1.00 bits per heavy atom. The van der Waals surface area contributed by atoms with Crippen LogP contribution in [0.2, 0.25) is 5.02 Å². The number of Topliss-reactive ketones (excluding diaryl/α,β-unsaturated/α-hetero) is 1. The van der Waals surface area contributed by atoms with Gasteiger partial charge in [-0.15, -0.1) is 0 Å². The van der Waals surface area contributed by atoms with E-state index in [9.17, 15) is 29.3 Å². The molecule has 10 nitrogen and oxygen atoms in total. The zero-order chi connectivity index (χ0) is 25.8. The van der Waals surface area contributed by atoms with Crippen molar-refractivity contribution in [1.29, 1.82) is 0 Å². The Labute approximate surface area is 209 Å². The molecule has 36 heavy (non-hydrogen) atoms. The summed E-state index contributed by atoms with van der Waals surface area (Å²) in [5.41, 5.74) is 0.679. The predicted molar refractivity (Wildman–Crippen MR) is 129 cm³/mol. The summed E-state index contributed by atoms with van der Waals surface area (Å²) >= 11 is 5.94. The van der Waals surface area contributed by atoms with Crippen LogP contribution >= 0.6 is 11.6 Å². The van der Waals surface area contributed by atoms with E-state index in [2.05, 4.69) is 10.4 Å². The number of rotatable bonds is 7. The topological polar surface area (TPSA) is 139 Å². The number of nitrogens with zero attached hydrogens (tertiary/aromatic N) is 3. The van der Waals surface area contributed by atoms with Crippen LogP contribution < -0.4 is 5.32 Å². The van der Waals surface area contributed by atoms with E-state index in [1.165, 1.54) is 12.1 Å². The molecule has 0 fully saturated rings. The molecule has 11 heteroatoms. The molecule has 3 amide bonds. The highest BCUT2D eigenvalue weighted by atomic mass is 35.5. The van der Waals surface area contributed by atoms with Crippen molar-refractivity contribution in [1.82, 2.24) is 10.3 Å². The third-order valence-electron chi connectivity index (χ3n) is 5.35. The number of imide groups is 1. The van der Waals surface area contributed by atoms with Crippen molar-refractivity contribution in [2.75, 3.05) is 0 Å². The van der Waals surface area contributed by atoms with E-state index in [1.54, 1.807) is 54.6 Å². The first-order valence-electron chi connectivity index (χ1n) is 10.6. The fourth-order valence-corrected chi connectivity index (χ4v) is 3.78. The number of amides is 3. The first kappa shape index (κ1) is 24.4. The quantitative estimate of drug-likeness (QED) is 0.172. The summed E-state index contributed by atoms with van der Waals surface area (Å²) in [4.78, 5) is 62.3. The summed E-state index contributed by atoms with van der Waals surface area (Å²) in [6.45, 7) is -0.00467. The van der Waals surface area contributed by atoms with Crippen LogP contribution in [0.25, 0.3) is 0 Å². The van der Waals surface area contributed by atoms with Gasteiger partial charge in [-0.3, -0.25) is 29.3 Å². The largest absolute Gasteiger partial charge is 0.345 e. The number of nitrogens with one attached hydrogen (secondary N) is 1. The number of benzene rings is 3. The molecule has 3 aromatic carbocycles. The van der Waals surface area contributed by atoms with Crippen molar-refractivity contribution in [2.45, 2.75) is 6.54 Å². The number of halogens is 1. The van der Waals surface area contributed by atoms with Crippen LogP contribution in [0, 0.1) is 16.0 Å². The molecule has 1 aliphatic rings. The Balaban J connectivity index is 1.60. The standard InChI is InChI=1S/C25H17ClN4O6/c26-18-8-4-5-15(13-18)14-27-23(32)22(31)20-21(16-6-2-1-3-7-16)28-29(25(20)34)24(33)17-9-11-19(12-10-17)30(35)36/h1-13,20H,14H2,(H,27,32)/t20-/m0/s1. The van der Waals surface area contributed by atoms with E-state index in [0.29, 0.717) is 21.2 Å². The molecule has 1 aliphatic heterocycles. The Morgan fingerprint density at radius 3 is 2.33 bits per heavy atom. The molecule has 3 aromatic rings. The van der Waals surface area contributed by atoms with Crippen LogP contribution in [-0.4, -0.2) is 39.1 Å². The molecule has 0 saturated carbocycles. The zero-order valence-electron chi connectivity index (χ0n) is 18.5. The smallest absolute Gasteiger partial charge is 0.288 e. The lowest BCUT2D eigenvalue weighted by atomic mass is 9.92. The molecule has 0 aromatic heterocycles. The van der Waals surface area contributed by atoms with Crippen LogP contribution in [0.15, 0.2) is 84.0 Å². The number of hydrogen-bond donors (Lipinski definition) is 1. The van der Waals surface area contributed by atoms with Crippen LogP contribution in [0.4, 0.5) is 5.69 Å². The first-order valence-corrected chi connectivity index (χ1v) is 11.0. The minimum atomic E-state index is -1.64. The Hall–Kier alpha value is -4.70. The van der Waals surface area contributed by atoms with Crippen molar-refractivity contribution >= 4 is 46.5 Å². The van der Waals surface area contributed by atoms with Gasteiger partial charge in [-0.25, -0.2) is 0 Å². The lowest BCUT2D eigenvalue weighted by Gasteiger charge is -2.13. The van der Waals surface area contributed by atoms with Gasteiger partial charge in [0.25, 0.3) is 23.4 Å². The fourth-order valence-electron chi connectivity index (χ4n) is 3.56. The SMILES string of the molecule is O=C(NCc1cccc(Cl)c1)C(=O)[C@H]1C(=O)N(C(=O)c2ccc([N+](=O)[O-])cc2)N=C1c1ccccc1. The fraction of sp³-hybridized carbons (Fsp3) is 0.0800. The summed E-state index contributed by atoms with van der Waals surface area (Å²) in [6, 6.07) is 19.5. The number of nitro groups is 1. The van der Waals surface area contributed by atoms with Crippen LogP contribution in [0.5, 0.6) is 0 Å². The molecular weight excluding hydrogens is 488 g/mol. The van der Waals surface area contributed by atoms with Crippen molar-refractivity contribution in [3.63, 3.8) is 0 Å². The van der Waals surface area contributed by atoms with E-state index < -0.39 is 34.3 Å². The molecule has 1 heterocycles. The zero-order valence-corrected chi connectivity index (χ0v) is 19.2. The monoisotopic (exact) mass is 504 g/mol. The molecule has 0 spiro atoms. The van der Waals surface area contributed by atoms with Gasteiger partial charge < -0.3 is 5.32 Å². The molecule has 0 saturated heterocycles. The third kappa shape index (κ3) is 5.03. The normalized spacial score (nSPS) is 14.8. The first-order chi connectivity index (χ1) is 17.3. The van der Waals surface area contributed by atoms with Gasteiger partial charge in [0.15, 0.2) is 5.92 Å². The summed E-state index contributed by atoms with van der Waals surface area (Å²) in [5.74, 6) is -5.64. The lowest BCUT2D eigenvalue weighted by Crippen LogP contribution is -2.43. The molecule has 0 unspecified atom stereocenters. The number of ketones is 1. The number of hydrogen-bond acceptors (Lipinski definition) is 7. The molecule has 1 N–H and O–H groups in total. The number of nitro benzene ring substituents is 1. The van der Waals surface area contributed by atoms with E-state index in [1.807, 2.05) is 0 Å². The minimum absolute atomic E-state index is 0.00467. The van der Waals surface area contributed by atoms with Crippen LogP contribution in [0.3, 0.4) is 0 Å². The second-order valence-corrected chi connectivity index (χ2v) is 8.16. The molecule has 0 aliphatic carbocycles. The summed E-state index contributed by atoms with van der Waals surface area (Å²) in [5, 5.41) is 18.4. The maximum absolute atomic E-state index is 13.2. The molecule has 1 atom stereocenters. The van der Waals surface area contributed by atoms with E-state index in [0.717, 1.165) is 12.1 Å². The molecule has 180 valence electrons. The second-order valence-electron chi connectivity index (χ2n) is 7.72. The van der Waals surface area contributed by atoms with Gasteiger partial charge in [-0.1, -0.05) is 54.1 Å². The highest BCUT2D eigenvalue weighted by molar-refractivity contribution is 6.48. The highest BCUT2D eigenvalue weighted by Gasteiger charge is 2.46. The van der Waals surface area contributed by atoms with Crippen LogP contribution in [-0.2, 0) is 20.9 Å². The molecular formula is C25H17ClN4O6. The Morgan fingerprint density at radius 2 is 1.69 bits per heavy atom. The van der Waals surface area contributed by atoms with E-state index >= 15 is 0 Å². The number of non-ortho nitro benzene ring substituents is 1. The van der Waals surface area contributed by atoms with Gasteiger partial charge in [0.2, 0.25) is 5.78 Å². The second kappa shape index (κ2) is 10.3. The average Bonchev–Trinajstić information content (AvgIpc) is 3.23. The third-order valence-corrected chi connectivity index (χ3v) is 5.59. The maximum atomic E-state index is 13.2. The maximum Gasteiger partial charge on any atom is 0.288 e. The van der Waals surface area contributed by atoms with Gasteiger partial charge in [-0.05, 0) is 35.4 Å². The van der Waals surface area contributed by atoms with Crippen LogP contribution in [0.1, 0.15) is 21.5 Å². The van der Waals surface area contributed by atoms with Gasteiger partial charge in [-0.2, -0.15) is 10.1 Å². The van der Waals surface area contributed by atoms with Gasteiger partial charge in [0.05, 0.1) is 10.6 Å². The Bertz CT molecular complexity index is 1410. The summed E-state index contributed by atoms with van der Waals surface area (Å²) < 4.78 is 0. The van der Waals surface area contributed by atoms with Crippen molar-refractivity contribution in [3.05, 3.63) is 111 Å². The highest BCUT2D eigenvalue weighted by Crippen LogP contribution is 2.25. The van der Waals surface area contributed by atoms with E-state index in [-0.39, 0.29) is 23.5 Å². The van der Waals surface area contributed by atoms with Crippen molar-refractivity contribution in [3.8, 4) is 0 Å². The number of carbonyl (C=O) groups excluding carboxylic acids is 4. The minimum Gasteiger partial charge on any atom is -0.345 e. The van der Waals surface area contributed by atoms with Crippen molar-refractivity contribution < 1.29 is 24.1 Å². The summed E-state index contributed by atoms with van der Waals surface area (Å²) in [7, 11) is 0. The van der Waals surface area contributed by atoms with Gasteiger partial charge >= 0.3 is 0 Å². The average molecular weight is 505 g/mol. The summed E-state index contributed by atoms with van der Waals surface area (Å²) in [6.07, 6.45) is 0. The van der Waals surface area contributed by atoms with Gasteiger partial charge in [0.1, 0.15) is 0 Å². The van der Waals surface area contributed by atoms with E-state index in [4.69, 9.17) is 11.6 Å². The molecule has 4 rings (SSSR count). The van der Waals surface area contributed by atoms with Crippen molar-refractivity contribution in [2.24, 2.45) is 11.0 Å². The molecule has 0 radical (unpaired) electrons. The number of hydrazone groups is 1. The molecule has 0 bridgehead atoms. The van der Waals surface area contributed by atoms with Gasteiger partial charge in [0, 0.05) is 29.3 Å². The Kier molecular flexibility index (Phi) is 6.98. The number of carbonyl (C=O) groups is 4. The lowest BCUT2D eigenvalue weighted by molar-refractivity contribution is -0.384. The predicted octanol–water partition coefficient (Wildman–Crippen LogP) is 3.14.